The zero-order valence-electron chi connectivity index (χ0n) is 11.1. The van der Waals surface area contributed by atoms with E-state index >= 15 is 0 Å². The van der Waals surface area contributed by atoms with E-state index in [1.165, 1.54) is 0 Å². The number of carboxylic acid groups (broad SMARTS) is 1. The molecule has 0 aromatic carbocycles. The average molecular weight is 273 g/mol. The second-order valence-electron chi connectivity index (χ2n) is 4.58. The van der Waals surface area contributed by atoms with Crippen LogP contribution in [0, 0.1) is 0 Å². The molecule has 1 aliphatic heterocycles. The van der Waals surface area contributed by atoms with Gasteiger partial charge in [0, 0.05) is 19.6 Å². The number of aliphatic carboxylic acids is 1. The smallest absolute Gasteiger partial charge is 0.317 e. The van der Waals surface area contributed by atoms with Crippen LogP contribution in [0.3, 0.4) is 0 Å². The maximum Gasteiger partial charge on any atom is 0.317 e. The van der Waals surface area contributed by atoms with E-state index in [1.807, 2.05) is 0 Å². The summed E-state index contributed by atoms with van der Waals surface area (Å²) in [6, 6.07) is -0.0579. The van der Waals surface area contributed by atoms with E-state index in [9.17, 15) is 9.59 Å². The minimum atomic E-state index is -0.850. The van der Waals surface area contributed by atoms with Gasteiger partial charge in [0.1, 0.15) is 0 Å². The number of urea groups is 1. The summed E-state index contributed by atoms with van der Waals surface area (Å²) in [5.74, 6) is -0.850. The van der Waals surface area contributed by atoms with Crippen LogP contribution in [0.4, 0.5) is 4.79 Å². The van der Waals surface area contributed by atoms with Crippen molar-refractivity contribution in [1.82, 2.24) is 10.2 Å². The largest absolute Gasteiger partial charge is 0.481 e. The molecule has 0 atom stereocenters. The van der Waals surface area contributed by atoms with Gasteiger partial charge < -0.3 is 25.8 Å². The highest BCUT2D eigenvalue weighted by Crippen LogP contribution is 2.13. The molecule has 0 radical (unpaired) electrons. The van der Waals surface area contributed by atoms with Gasteiger partial charge >= 0.3 is 12.0 Å². The zero-order chi connectivity index (χ0) is 14.1. The van der Waals surface area contributed by atoms with Gasteiger partial charge in [0.2, 0.25) is 0 Å². The Morgan fingerprint density at radius 1 is 1.37 bits per heavy atom. The Kier molecular flexibility index (Phi) is 7.20. The van der Waals surface area contributed by atoms with E-state index in [0.29, 0.717) is 26.2 Å². The molecule has 0 spiro atoms. The van der Waals surface area contributed by atoms with Gasteiger partial charge in [-0.1, -0.05) is 0 Å². The van der Waals surface area contributed by atoms with Crippen molar-refractivity contribution < 1.29 is 19.4 Å². The van der Waals surface area contributed by atoms with Gasteiger partial charge in [-0.25, -0.2) is 4.79 Å². The highest BCUT2D eigenvalue weighted by Gasteiger charge is 2.22. The van der Waals surface area contributed by atoms with Crippen molar-refractivity contribution in [2.24, 2.45) is 5.73 Å². The first kappa shape index (κ1) is 15.7. The summed E-state index contributed by atoms with van der Waals surface area (Å²) in [6.07, 6.45) is 2.38. The predicted octanol–water partition coefficient (Wildman–Crippen LogP) is 0.000500. The summed E-state index contributed by atoms with van der Waals surface area (Å²) in [7, 11) is 0. The number of carbonyl (C=O) groups is 2. The summed E-state index contributed by atoms with van der Waals surface area (Å²) in [6.45, 7) is 2.70. The molecule has 110 valence electrons. The number of likely N-dealkylation sites (tertiary alicyclic amines) is 1. The van der Waals surface area contributed by atoms with Gasteiger partial charge in [-0.2, -0.15) is 0 Å². The number of piperidine rings is 1. The van der Waals surface area contributed by atoms with Crippen LogP contribution >= 0.6 is 0 Å². The summed E-state index contributed by atoms with van der Waals surface area (Å²) in [4.78, 5) is 23.9. The standard InChI is InChI=1S/C12H23N3O4/c13-5-1-6-14-12(18)15-7-2-10(3-8-15)19-9-4-11(16)17/h10H,1-9,13H2,(H,14,18)(H,16,17). The number of nitrogens with one attached hydrogen (secondary N) is 1. The molecular weight excluding hydrogens is 250 g/mol. The zero-order valence-corrected chi connectivity index (χ0v) is 11.1. The fraction of sp³-hybridized carbons (Fsp3) is 0.833. The van der Waals surface area contributed by atoms with E-state index in [2.05, 4.69) is 5.32 Å². The molecule has 0 aromatic rings. The Labute approximate surface area is 113 Å². The lowest BCUT2D eigenvalue weighted by atomic mass is 10.1. The van der Waals surface area contributed by atoms with Gasteiger partial charge in [0.15, 0.2) is 0 Å². The highest BCUT2D eigenvalue weighted by molar-refractivity contribution is 5.74. The van der Waals surface area contributed by atoms with Crippen molar-refractivity contribution in [2.45, 2.75) is 31.8 Å². The number of carboxylic acids is 1. The maximum atomic E-state index is 11.7. The third-order valence-corrected chi connectivity index (χ3v) is 3.06. The summed E-state index contributed by atoms with van der Waals surface area (Å²) < 4.78 is 5.46. The molecule has 0 bridgehead atoms. The summed E-state index contributed by atoms with van der Waals surface area (Å²) in [5.41, 5.74) is 5.36. The van der Waals surface area contributed by atoms with Crippen molar-refractivity contribution in [2.75, 3.05) is 32.8 Å². The molecule has 7 nitrogen and oxygen atoms in total. The normalized spacial score (nSPS) is 16.4. The Morgan fingerprint density at radius 3 is 2.63 bits per heavy atom. The quantitative estimate of drug-likeness (QED) is 0.566. The van der Waals surface area contributed by atoms with E-state index in [0.717, 1.165) is 19.3 Å². The molecule has 2 amide bonds. The molecule has 1 aliphatic rings. The molecule has 19 heavy (non-hydrogen) atoms. The van der Waals surface area contributed by atoms with E-state index in [-0.39, 0.29) is 25.2 Å². The monoisotopic (exact) mass is 273 g/mol. The lowest BCUT2D eigenvalue weighted by molar-refractivity contribution is -0.138. The molecule has 1 heterocycles. The maximum absolute atomic E-state index is 11.7. The van der Waals surface area contributed by atoms with Crippen LogP contribution in [0.5, 0.6) is 0 Å². The first-order chi connectivity index (χ1) is 9.13. The van der Waals surface area contributed by atoms with Crippen LogP contribution in [-0.4, -0.2) is 60.9 Å². The SMILES string of the molecule is NCCCNC(=O)N1CCC(OCCC(=O)O)CC1. The Morgan fingerprint density at radius 2 is 2.05 bits per heavy atom. The molecule has 7 heteroatoms. The Bertz CT molecular complexity index is 291. The topological polar surface area (TPSA) is 105 Å². The molecule has 0 saturated carbocycles. The van der Waals surface area contributed by atoms with Crippen LogP contribution in [-0.2, 0) is 9.53 Å². The number of rotatable bonds is 7. The number of carbonyl (C=O) groups excluding carboxylic acids is 1. The fourth-order valence-corrected chi connectivity index (χ4v) is 1.95. The molecule has 1 saturated heterocycles. The van der Waals surface area contributed by atoms with Crippen LogP contribution in [0.1, 0.15) is 25.7 Å². The van der Waals surface area contributed by atoms with Crippen molar-refractivity contribution in [3.05, 3.63) is 0 Å². The van der Waals surface area contributed by atoms with Gasteiger partial charge in [0.05, 0.1) is 19.1 Å². The lowest BCUT2D eigenvalue weighted by Gasteiger charge is -2.31. The summed E-state index contributed by atoms with van der Waals surface area (Å²) in [5, 5.41) is 11.3. The van der Waals surface area contributed by atoms with Crippen LogP contribution in [0.2, 0.25) is 0 Å². The second kappa shape index (κ2) is 8.71. The van der Waals surface area contributed by atoms with Crippen LogP contribution in [0.25, 0.3) is 0 Å². The van der Waals surface area contributed by atoms with E-state index < -0.39 is 5.97 Å². The first-order valence-corrected chi connectivity index (χ1v) is 6.69. The Balaban J connectivity index is 2.14. The van der Waals surface area contributed by atoms with Crippen LogP contribution in [0.15, 0.2) is 0 Å². The number of hydrogen-bond acceptors (Lipinski definition) is 4. The second-order valence-corrected chi connectivity index (χ2v) is 4.58. The van der Waals surface area contributed by atoms with Gasteiger partial charge in [0.25, 0.3) is 0 Å². The minimum Gasteiger partial charge on any atom is -0.481 e. The number of nitrogens with two attached hydrogens (primary N) is 1. The van der Waals surface area contributed by atoms with Gasteiger partial charge in [-0.05, 0) is 25.8 Å². The molecule has 0 aromatic heterocycles. The molecule has 0 unspecified atom stereocenters. The number of nitrogens with zero attached hydrogens (tertiary/aromatic N) is 1. The number of ether oxygens (including phenoxy) is 1. The predicted molar refractivity (Wildman–Crippen MR) is 69.9 cm³/mol. The highest BCUT2D eigenvalue weighted by atomic mass is 16.5. The van der Waals surface area contributed by atoms with Crippen molar-refractivity contribution in [3.63, 3.8) is 0 Å². The lowest BCUT2D eigenvalue weighted by Crippen LogP contribution is -2.46. The van der Waals surface area contributed by atoms with Gasteiger partial charge in [-0.15, -0.1) is 0 Å². The Hall–Kier alpha value is -1.34. The number of amides is 2. The van der Waals surface area contributed by atoms with Crippen LogP contribution < -0.4 is 11.1 Å². The van der Waals surface area contributed by atoms with E-state index in [1.54, 1.807) is 4.90 Å². The molecule has 0 aliphatic carbocycles. The third-order valence-electron chi connectivity index (χ3n) is 3.06. The molecule has 4 N–H and O–H groups in total. The van der Waals surface area contributed by atoms with Crippen molar-refractivity contribution >= 4 is 12.0 Å². The third kappa shape index (κ3) is 6.40. The average Bonchev–Trinajstić information content (AvgIpc) is 2.39. The minimum absolute atomic E-state index is 0.0276. The van der Waals surface area contributed by atoms with Crippen molar-refractivity contribution in [3.8, 4) is 0 Å². The van der Waals surface area contributed by atoms with Crippen molar-refractivity contribution in [1.29, 1.82) is 0 Å². The van der Waals surface area contributed by atoms with Gasteiger partial charge in [-0.3, -0.25) is 4.79 Å². The molecule has 1 rings (SSSR count). The number of hydrogen-bond donors (Lipinski definition) is 3. The first-order valence-electron chi connectivity index (χ1n) is 6.69. The fourth-order valence-electron chi connectivity index (χ4n) is 1.95. The van der Waals surface area contributed by atoms with E-state index in [4.69, 9.17) is 15.6 Å². The molecule has 1 fully saturated rings. The summed E-state index contributed by atoms with van der Waals surface area (Å²) >= 11 is 0. The molecular formula is C12H23N3O4.